The molecule has 1 aliphatic carbocycles. The summed E-state index contributed by atoms with van der Waals surface area (Å²) in [5.41, 5.74) is 0.635. The molecule has 0 aromatic carbocycles. The quantitative estimate of drug-likeness (QED) is 0.720. The van der Waals surface area contributed by atoms with Crippen LogP contribution in [0.25, 0.3) is 4.96 Å². The molecular weight excluding hydrogens is 352 g/mol. The van der Waals surface area contributed by atoms with Gasteiger partial charge in [-0.05, 0) is 30.6 Å². The Morgan fingerprint density at radius 1 is 1.35 bits per heavy atom. The summed E-state index contributed by atoms with van der Waals surface area (Å²) >= 11 is 1.50. The Hall–Kier alpha value is -1.89. The van der Waals surface area contributed by atoms with E-state index in [-0.39, 0.29) is 19.1 Å². The van der Waals surface area contributed by atoms with E-state index < -0.39 is 11.9 Å². The van der Waals surface area contributed by atoms with Gasteiger partial charge in [0.2, 0.25) is 0 Å². The molecule has 2 heterocycles. The van der Waals surface area contributed by atoms with Crippen molar-refractivity contribution in [3.63, 3.8) is 0 Å². The summed E-state index contributed by atoms with van der Waals surface area (Å²) in [6.45, 7) is 6.18. The van der Waals surface area contributed by atoms with Crippen molar-refractivity contribution in [3.05, 3.63) is 23.5 Å². The summed E-state index contributed by atoms with van der Waals surface area (Å²) < 4.78 is 12.6. The fourth-order valence-corrected chi connectivity index (χ4v) is 4.37. The number of carbonyl (C=O) groups excluding carboxylic acids is 2. The van der Waals surface area contributed by atoms with Crippen LogP contribution in [-0.4, -0.2) is 34.0 Å². The Balaban J connectivity index is 1.46. The Morgan fingerprint density at radius 3 is 2.88 bits per heavy atom. The fraction of sp³-hybridized carbons (Fsp3) is 0.632. The van der Waals surface area contributed by atoms with Gasteiger partial charge in [-0.1, -0.05) is 27.2 Å². The van der Waals surface area contributed by atoms with E-state index in [1.807, 2.05) is 16.0 Å². The highest BCUT2D eigenvalue weighted by molar-refractivity contribution is 7.15. The molecule has 3 rings (SSSR count). The van der Waals surface area contributed by atoms with E-state index in [0.29, 0.717) is 23.4 Å². The molecule has 0 unspecified atom stereocenters. The van der Waals surface area contributed by atoms with Crippen molar-refractivity contribution in [1.82, 2.24) is 9.38 Å². The normalized spacial score (nSPS) is 23.3. The van der Waals surface area contributed by atoms with Gasteiger partial charge in [-0.15, -0.1) is 11.3 Å². The van der Waals surface area contributed by atoms with E-state index in [1.54, 1.807) is 6.20 Å². The van der Waals surface area contributed by atoms with Crippen LogP contribution in [0.1, 0.15) is 45.7 Å². The zero-order chi connectivity index (χ0) is 18.7. The molecule has 0 spiro atoms. The van der Waals surface area contributed by atoms with E-state index in [1.165, 1.54) is 17.8 Å². The lowest BCUT2D eigenvalue weighted by Gasteiger charge is -2.36. The van der Waals surface area contributed by atoms with Crippen molar-refractivity contribution in [3.8, 4) is 0 Å². The lowest BCUT2D eigenvalue weighted by Crippen LogP contribution is -2.36. The third-order valence-corrected chi connectivity index (χ3v) is 5.83. The standard InChI is InChI=1S/C19H26N2O4S/c1-12(2)15-5-4-13(3)8-16(15)25-18(23)11-24-17(22)9-14-10-21-6-7-26-19(21)20-14/h6-7,10,12-13,15-16H,4-5,8-9,11H2,1-3H3/t13-,15+,16-/m1/s1. The van der Waals surface area contributed by atoms with Crippen LogP contribution in [0.4, 0.5) is 0 Å². The van der Waals surface area contributed by atoms with Crippen molar-refractivity contribution in [2.45, 2.75) is 52.6 Å². The molecule has 0 saturated heterocycles. The van der Waals surface area contributed by atoms with Crippen LogP contribution in [-0.2, 0) is 25.5 Å². The number of ether oxygens (including phenoxy) is 2. The Morgan fingerprint density at radius 2 is 2.15 bits per heavy atom. The Kier molecular flexibility index (Phi) is 5.96. The average Bonchev–Trinajstić information content (AvgIpc) is 3.14. The van der Waals surface area contributed by atoms with Crippen LogP contribution < -0.4 is 0 Å². The molecule has 7 heteroatoms. The maximum absolute atomic E-state index is 12.1. The monoisotopic (exact) mass is 378 g/mol. The molecule has 1 aliphatic rings. The fourth-order valence-electron chi connectivity index (χ4n) is 3.65. The molecule has 2 aromatic heterocycles. The minimum absolute atomic E-state index is 0.0523. The second-order valence-corrected chi connectivity index (χ2v) is 8.39. The summed E-state index contributed by atoms with van der Waals surface area (Å²) in [5.74, 6) is 0.473. The number of carbonyl (C=O) groups is 2. The van der Waals surface area contributed by atoms with Crippen molar-refractivity contribution >= 4 is 28.2 Å². The summed E-state index contributed by atoms with van der Waals surface area (Å²) in [7, 11) is 0. The second-order valence-electron chi connectivity index (χ2n) is 7.52. The summed E-state index contributed by atoms with van der Waals surface area (Å²) in [4.78, 5) is 29.2. The van der Waals surface area contributed by atoms with E-state index in [0.717, 1.165) is 17.8 Å². The van der Waals surface area contributed by atoms with E-state index in [4.69, 9.17) is 9.47 Å². The molecule has 3 atom stereocenters. The van der Waals surface area contributed by atoms with Gasteiger partial charge in [0, 0.05) is 17.8 Å². The predicted molar refractivity (Wildman–Crippen MR) is 99.0 cm³/mol. The van der Waals surface area contributed by atoms with E-state index in [9.17, 15) is 9.59 Å². The van der Waals surface area contributed by atoms with E-state index in [2.05, 4.69) is 25.8 Å². The van der Waals surface area contributed by atoms with Gasteiger partial charge in [0.25, 0.3) is 0 Å². The van der Waals surface area contributed by atoms with Gasteiger partial charge in [-0.3, -0.25) is 9.20 Å². The highest BCUT2D eigenvalue weighted by Crippen LogP contribution is 2.35. The predicted octanol–water partition coefficient (Wildman–Crippen LogP) is 3.49. The first-order valence-electron chi connectivity index (χ1n) is 9.18. The van der Waals surface area contributed by atoms with Crippen molar-refractivity contribution in [2.75, 3.05) is 6.61 Å². The largest absolute Gasteiger partial charge is 0.460 e. The molecule has 1 fully saturated rings. The molecule has 0 amide bonds. The van der Waals surface area contributed by atoms with Crippen LogP contribution in [0.3, 0.4) is 0 Å². The zero-order valence-electron chi connectivity index (χ0n) is 15.5. The van der Waals surface area contributed by atoms with Crippen LogP contribution in [0.2, 0.25) is 0 Å². The highest BCUT2D eigenvalue weighted by Gasteiger charge is 2.33. The summed E-state index contributed by atoms with van der Waals surface area (Å²) in [6, 6.07) is 0. The third-order valence-electron chi connectivity index (χ3n) is 5.06. The average molecular weight is 378 g/mol. The van der Waals surface area contributed by atoms with Crippen molar-refractivity contribution in [1.29, 1.82) is 0 Å². The lowest BCUT2D eigenvalue weighted by atomic mass is 9.75. The number of fused-ring (bicyclic) bond motifs is 1. The number of esters is 2. The lowest BCUT2D eigenvalue weighted by molar-refractivity contribution is -0.166. The minimum Gasteiger partial charge on any atom is -0.460 e. The second kappa shape index (κ2) is 8.20. The van der Waals surface area contributed by atoms with Gasteiger partial charge in [0.1, 0.15) is 6.10 Å². The van der Waals surface area contributed by atoms with E-state index >= 15 is 0 Å². The highest BCUT2D eigenvalue weighted by atomic mass is 32.1. The molecule has 6 nitrogen and oxygen atoms in total. The first-order valence-corrected chi connectivity index (χ1v) is 10.1. The van der Waals surface area contributed by atoms with Gasteiger partial charge in [-0.25, -0.2) is 9.78 Å². The number of rotatable bonds is 6. The number of nitrogens with zero attached hydrogens (tertiary/aromatic N) is 2. The SMILES string of the molecule is CC(C)[C@@H]1CC[C@@H](C)C[C@H]1OC(=O)COC(=O)Cc1cn2ccsc2n1. The topological polar surface area (TPSA) is 69.9 Å². The van der Waals surface area contributed by atoms with Gasteiger partial charge >= 0.3 is 11.9 Å². The van der Waals surface area contributed by atoms with Crippen molar-refractivity contribution in [2.24, 2.45) is 17.8 Å². The Labute approximate surface area is 157 Å². The smallest absolute Gasteiger partial charge is 0.344 e. The van der Waals surface area contributed by atoms with Crippen molar-refractivity contribution < 1.29 is 19.1 Å². The molecule has 142 valence electrons. The summed E-state index contributed by atoms with van der Waals surface area (Å²) in [5, 5.41) is 1.93. The van der Waals surface area contributed by atoms with Gasteiger partial charge in [-0.2, -0.15) is 0 Å². The first-order chi connectivity index (χ1) is 12.4. The Bertz CT molecular complexity index is 738. The molecule has 2 aromatic rings. The third kappa shape index (κ3) is 4.63. The first kappa shape index (κ1) is 18.9. The molecule has 1 saturated carbocycles. The molecule has 0 N–H and O–H groups in total. The number of aromatic nitrogens is 2. The number of hydrogen-bond donors (Lipinski definition) is 0. The zero-order valence-corrected chi connectivity index (χ0v) is 16.3. The molecule has 0 bridgehead atoms. The maximum atomic E-state index is 12.1. The number of imidazole rings is 1. The molecule has 26 heavy (non-hydrogen) atoms. The van der Waals surface area contributed by atoms with Crippen LogP contribution in [0.5, 0.6) is 0 Å². The van der Waals surface area contributed by atoms with Gasteiger partial charge in [0.05, 0.1) is 12.1 Å². The summed E-state index contributed by atoms with van der Waals surface area (Å²) in [6.07, 6.45) is 6.79. The minimum atomic E-state index is -0.467. The molecule has 0 aliphatic heterocycles. The molecule has 0 radical (unpaired) electrons. The van der Waals surface area contributed by atoms with Gasteiger partial charge < -0.3 is 9.47 Å². The number of thiazole rings is 1. The number of hydrogen-bond acceptors (Lipinski definition) is 6. The van der Waals surface area contributed by atoms with Crippen LogP contribution >= 0.6 is 11.3 Å². The maximum Gasteiger partial charge on any atom is 0.344 e. The van der Waals surface area contributed by atoms with Gasteiger partial charge in [0.15, 0.2) is 11.6 Å². The van der Waals surface area contributed by atoms with Crippen LogP contribution in [0, 0.1) is 17.8 Å². The molecular formula is C19H26N2O4S. The van der Waals surface area contributed by atoms with Crippen LogP contribution in [0.15, 0.2) is 17.8 Å².